The highest BCUT2D eigenvalue weighted by molar-refractivity contribution is 7.11. The maximum atomic E-state index is 11.7. The van der Waals surface area contributed by atoms with Crippen molar-refractivity contribution in [2.45, 2.75) is 13.5 Å². The molecule has 0 unspecified atom stereocenters. The molecule has 0 bridgehead atoms. The van der Waals surface area contributed by atoms with Crippen LogP contribution in [-0.2, 0) is 6.54 Å². The van der Waals surface area contributed by atoms with Gasteiger partial charge in [-0.2, -0.15) is 0 Å². The molecule has 0 aliphatic heterocycles. The van der Waals surface area contributed by atoms with Crippen LogP contribution in [0.15, 0.2) is 42.5 Å². The molecule has 82 valence electrons. The second-order valence-electron chi connectivity index (χ2n) is 3.56. The minimum Gasteiger partial charge on any atom is -0.347 e. The van der Waals surface area contributed by atoms with Crippen molar-refractivity contribution >= 4 is 17.2 Å². The van der Waals surface area contributed by atoms with Crippen molar-refractivity contribution in [2.24, 2.45) is 0 Å². The van der Waals surface area contributed by atoms with E-state index in [0.29, 0.717) is 12.1 Å². The van der Waals surface area contributed by atoms with E-state index in [0.717, 1.165) is 0 Å². The Morgan fingerprint density at radius 3 is 2.56 bits per heavy atom. The minimum absolute atomic E-state index is 0.0216. The third-order valence-corrected chi connectivity index (χ3v) is 3.26. The van der Waals surface area contributed by atoms with Crippen LogP contribution in [0.5, 0.6) is 0 Å². The van der Waals surface area contributed by atoms with E-state index in [2.05, 4.69) is 18.3 Å². The summed E-state index contributed by atoms with van der Waals surface area (Å²) in [6, 6.07) is 13.4. The number of thiophene rings is 1. The lowest BCUT2D eigenvalue weighted by Crippen LogP contribution is -2.22. The largest absolute Gasteiger partial charge is 0.347 e. The highest BCUT2D eigenvalue weighted by atomic mass is 32.1. The van der Waals surface area contributed by atoms with Crippen LogP contribution in [0.4, 0.5) is 0 Å². The third kappa shape index (κ3) is 2.70. The monoisotopic (exact) mass is 231 g/mol. The summed E-state index contributed by atoms with van der Waals surface area (Å²) in [6.45, 7) is 2.67. The average molecular weight is 231 g/mol. The Bertz CT molecular complexity index is 476. The minimum atomic E-state index is -0.0216. The van der Waals surface area contributed by atoms with Crippen molar-refractivity contribution in [3.8, 4) is 0 Å². The van der Waals surface area contributed by atoms with E-state index >= 15 is 0 Å². The normalized spacial score (nSPS) is 10.1. The molecule has 0 saturated carbocycles. The summed E-state index contributed by atoms with van der Waals surface area (Å²) in [6.07, 6.45) is 0. The molecular weight excluding hydrogens is 218 g/mol. The summed E-state index contributed by atoms with van der Waals surface area (Å²) in [5.41, 5.74) is 0.704. The summed E-state index contributed by atoms with van der Waals surface area (Å²) >= 11 is 1.71. The van der Waals surface area contributed by atoms with Gasteiger partial charge in [0.25, 0.3) is 5.91 Å². The summed E-state index contributed by atoms with van der Waals surface area (Å²) < 4.78 is 0. The number of nitrogens with one attached hydrogen (secondary N) is 1. The molecule has 0 atom stereocenters. The van der Waals surface area contributed by atoms with Crippen LogP contribution >= 0.6 is 11.3 Å². The molecule has 1 amide bonds. The number of amides is 1. The lowest BCUT2D eigenvalue weighted by Gasteiger charge is -2.02. The van der Waals surface area contributed by atoms with Crippen LogP contribution in [-0.4, -0.2) is 5.91 Å². The first kappa shape index (κ1) is 10.9. The van der Waals surface area contributed by atoms with Gasteiger partial charge in [0.15, 0.2) is 0 Å². The van der Waals surface area contributed by atoms with Crippen LogP contribution < -0.4 is 5.32 Å². The van der Waals surface area contributed by atoms with E-state index in [1.165, 1.54) is 9.75 Å². The van der Waals surface area contributed by atoms with E-state index in [1.54, 1.807) is 11.3 Å². The molecule has 16 heavy (non-hydrogen) atoms. The number of carbonyl (C=O) groups is 1. The zero-order valence-electron chi connectivity index (χ0n) is 9.07. The number of hydrogen-bond donors (Lipinski definition) is 1. The fourth-order valence-electron chi connectivity index (χ4n) is 1.44. The van der Waals surface area contributed by atoms with E-state index in [9.17, 15) is 4.79 Å². The first-order chi connectivity index (χ1) is 7.75. The fourth-order valence-corrected chi connectivity index (χ4v) is 2.27. The van der Waals surface area contributed by atoms with E-state index in [4.69, 9.17) is 0 Å². The van der Waals surface area contributed by atoms with Crippen molar-refractivity contribution in [3.63, 3.8) is 0 Å². The Balaban J connectivity index is 1.94. The van der Waals surface area contributed by atoms with Gasteiger partial charge in [-0.05, 0) is 31.2 Å². The second kappa shape index (κ2) is 4.94. The van der Waals surface area contributed by atoms with E-state index in [-0.39, 0.29) is 5.91 Å². The Labute approximate surface area is 98.9 Å². The predicted molar refractivity (Wildman–Crippen MR) is 66.7 cm³/mol. The van der Waals surface area contributed by atoms with Gasteiger partial charge >= 0.3 is 0 Å². The molecule has 1 aromatic heterocycles. The van der Waals surface area contributed by atoms with Gasteiger partial charge in [-0.25, -0.2) is 0 Å². The van der Waals surface area contributed by atoms with Crippen LogP contribution in [0.2, 0.25) is 0 Å². The highest BCUT2D eigenvalue weighted by Gasteiger charge is 2.04. The molecule has 0 aliphatic carbocycles. The highest BCUT2D eigenvalue weighted by Crippen LogP contribution is 2.14. The van der Waals surface area contributed by atoms with Gasteiger partial charge in [0.2, 0.25) is 0 Å². The van der Waals surface area contributed by atoms with Gasteiger partial charge in [-0.3, -0.25) is 4.79 Å². The molecule has 0 spiro atoms. The van der Waals surface area contributed by atoms with Crippen molar-refractivity contribution in [1.29, 1.82) is 0 Å². The van der Waals surface area contributed by atoms with Gasteiger partial charge in [-0.15, -0.1) is 11.3 Å². The zero-order valence-corrected chi connectivity index (χ0v) is 9.88. The smallest absolute Gasteiger partial charge is 0.251 e. The fraction of sp³-hybridized carbons (Fsp3) is 0.154. The van der Waals surface area contributed by atoms with Gasteiger partial charge in [0.1, 0.15) is 0 Å². The number of hydrogen-bond acceptors (Lipinski definition) is 2. The summed E-state index contributed by atoms with van der Waals surface area (Å²) in [7, 11) is 0. The van der Waals surface area contributed by atoms with Gasteiger partial charge in [0, 0.05) is 15.3 Å². The van der Waals surface area contributed by atoms with Crippen molar-refractivity contribution in [2.75, 3.05) is 0 Å². The number of rotatable bonds is 3. The topological polar surface area (TPSA) is 29.1 Å². The van der Waals surface area contributed by atoms with Crippen LogP contribution in [0.3, 0.4) is 0 Å². The summed E-state index contributed by atoms with van der Waals surface area (Å²) in [5.74, 6) is -0.0216. The third-order valence-electron chi connectivity index (χ3n) is 2.26. The standard InChI is InChI=1S/C13H13NOS/c1-10-7-8-12(16-10)9-14-13(15)11-5-3-2-4-6-11/h2-8H,9H2,1H3,(H,14,15). The van der Waals surface area contributed by atoms with Gasteiger partial charge in [0.05, 0.1) is 6.54 Å². The number of benzene rings is 1. The summed E-state index contributed by atoms with van der Waals surface area (Å²) in [4.78, 5) is 14.2. The molecular formula is C13H13NOS. The molecule has 1 heterocycles. The lowest BCUT2D eigenvalue weighted by molar-refractivity contribution is 0.0951. The SMILES string of the molecule is Cc1ccc(CNC(=O)c2ccccc2)s1. The van der Waals surface area contributed by atoms with Crippen LogP contribution in [0.1, 0.15) is 20.1 Å². The van der Waals surface area contributed by atoms with Crippen molar-refractivity contribution in [3.05, 3.63) is 57.8 Å². The van der Waals surface area contributed by atoms with E-state index < -0.39 is 0 Å². The molecule has 0 radical (unpaired) electrons. The van der Waals surface area contributed by atoms with Gasteiger partial charge < -0.3 is 5.32 Å². The van der Waals surface area contributed by atoms with E-state index in [1.807, 2.05) is 36.4 Å². The zero-order chi connectivity index (χ0) is 11.4. The Morgan fingerprint density at radius 1 is 1.19 bits per heavy atom. The quantitative estimate of drug-likeness (QED) is 0.864. The Kier molecular flexibility index (Phi) is 3.37. The van der Waals surface area contributed by atoms with Gasteiger partial charge in [-0.1, -0.05) is 18.2 Å². The molecule has 2 aromatic rings. The average Bonchev–Trinajstić information content (AvgIpc) is 2.73. The lowest BCUT2D eigenvalue weighted by atomic mass is 10.2. The number of aryl methyl sites for hydroxylation is 1. The molecule has 0 fully saturated rings. The van der Waals surface area contributed by atoms with Crippen molar-refractivity contribution in [1.82, 2.24) is 5.32 Å². The maximum absolute atomic E-state index is 11.7. The first-order valence-corrected chi connectivity index (χ1v) is 5.96. The van der Waals surface area contributed by atoms with Crippen molar-refractivity contribution < 1.29 is 4.79 Å². The number of carbonyl (C=O) groups excluding carboxylic acids is 1. The Hall–Kier alpha value is -1.61. The molecule has 0 aliphatic rings. The Morgan fingerprint density at radius 2 is 1.94 bits per heavy atom. The predicted octanol–water partition coefficient (Wildman–Crippen LogP) is 2.99. The molecule has 2 rings (SSSR count). The first-order valence-electron chi connectivity index (χ1n) is 5.14. The molecule has 3 heteroatoms. The molecule has 2 nitrogen and oxygen atoms in total. The van der Waals surface area contributed by atoms with Crippen LogP contribution in [0, 0.1) is 6.92 Å². The molecule has 0 saturated heterocycles. The summed E-state index contributed by atoms with van der Waals surface area (Å²) in [5, 5.41) is 2.90. The molecule has 1 N–H and O–H groups in total. The maximum Gasteiger partial charge on any atom is 0.251 e. The van der Waals surface area contributed by atoms with Crippen LogP contribution in [0.25, 0.3) is 0 Å². The molecule has 1 aromatic carbocycles. The second-order valence-corrected chi connectivity index (χ2v) is 4.93.